The number of piperazine rings is 1. The molecule has 0 bridgehead atoms. The first-order valence-electron chi connectivity index (χ1n) is 9.92. The molecule has 0 spiro atoms. The molecule has 1 fully saturated rings. The van der Waals surface area contributed by atoms with Gasteiger partial charge in [-0.2, -0.15) is 0 Å². The maximum absolute atomic E-state index is 12.2. The first kappa shape index (κ1) is 20.3. The van der Waals surface area contributed by atoms with Gasteiger partial charge in [0.05, 0.1) is 0 Å². The van der Waals surface area contributed by atoms with Crippen LogP contribution in [0.3, 0.4) is 0 Å². The summed E-state index contributed by atoms with van der Waals surface area (Å²) in [4.78, 5) is 28.3. The van der Waals surface area contributed by atoms with Crippen LogP contribution in [-0.2, 0) is 9.59 Å². The second kappa shape index (κ2) is 10.2. The molecule has 0 atom stereocenters. The molecular weight excluding hydrogens is 326 g/mol. The lowest BCUT2D eigenvalue weighted by Crippen LogP contribution is -2.48. The smallest absolute Gasteiger partial charge is 0.224 e. The van der Waals surface area contributed by atoms with Gasteiger partial charge in [-0.05, 0) is 36.6 Å². The van der Waals surface area contributed by atoms with Gasteiger partial charge in [0.25, 0.3) is 0 Å². The van der Waals surface area contributed by atoms with Gasteiger partial charge in [-0.25, -0.2) is 0 Å². The monoisotopic (exact) mass is 359 g/mol. The van der Waals surface area contributed by atoms with Crippen molar-refractivity contribution in [3.8, 4) is 0 Å². The van der Waals surface area contributed by atoms with Gasteiger partial charge in [0, 0.05) is 50.4 Å². The zero-order chi connectivity index (χ0) is 18.9. The molecule has 2 amide bonds. The number of carbonyl (C=O) groups is 2. The summed E-state index contributed by atoms with van der Waals surface area (Å²) in [6, 6.07) is 8.00. The molecule has 1 aliphatic rings. The van der Waals surface area contributed by atoms with Crippen molar-refractivity contribution in [2.75, 3.05) is 36.4 Å². The number of carbonyl (C=O) groups excluding carboxylic acids is 2. The van der Waals surface area contributed by atoms with Gasteiger partial charge in [-0.3, -0.25) is 9.59 Å². The van der Waals surface area contributed by atoms with E-state index in [2.05, 4.69) is 17.1 Å². The highest BCUT2D eigenvalue weighted by molar-refractivity contribution is 5.91. The van der Waals surface area contributed by atoms with E-state index in [0.29, 0.717) is 24.7 Å². The third-order valence-electron chi connectivity index (χ3n) is 4.74. The molecular formula is C21H33N3O2. The fourth-order valence-electron chi connectivity index (χ4n) is 3.24. The Morgan fingerprint density at radius 2 is 1.69 bits per heavy atom. The second-order valence-electron chi connectivity index (χ2n) is 7.52. The molecule has 26 heavy (non-hydrogen) atoms. The summed E-state index contributed by atoms with van der Waals surface area (Å²) in [5.74, 6) is 0.708. The van der Waals surface area contributed by atoms with E-state index in [9.17, 15) is 9.59 Å². The van der Waals surface area contributed by atoms with Crippen LogP contribution < -0.4 is 10.2 Å². The van der Waals surface area contributed by atoms with E-state index < -0.39 is 0 Å². The molecule has 0 saturated carbocycles. The van der Waals surface area contributed by atoms with E-state index in [1.165, 1.54) is 0 Å². The molecule has 1 aliphatic heterocycles. The van der Waals surface area contributed by atoms with Gasteiger partial charge in [-0.15, -0.1) is 0 Å². The third-order valence-corrected chi connectivity index (χ3v) is 4.74. The lowest BCUT2D eigenvalue weighted by Gasteiger charge is -2.36. The Hall–Kier alpha value is -2.04. The van der Waals surface area contributed by atoms with Gasteiger partial charge in [-0.1, -0.05) is 33.6 Å². The van der Waals surface area contributed by atoms with Crippen molar-refractivity contribution in [3.63, 3.8) is 0 Å². The minimum Gasteiger partial charge on any atom is -0.368 e. The number of nitrogens with one attached hydrogen (secondary N) is 1. The summed E-state index contributed by atoms with van der Waals surface area (Å²) < 4.78 is 0. The minimum absolute atomic E-state index is 0.0583. The standard InChI is InChI=1S/C21H33N3O2/c1-4-5-6-7-21(26)24-14-12-23(13-15-24)19-10-8-18(9-11-19)22-20(25)16-17(2)3/h8-11,17H,4-7,12-16H2,1-3H3,(H,22,25). The average molecular weight is 360 g/mol. The van der Waals surface area contributed by atoms with Crippen molar-refractivity contribution in [2.45, 2.75) is 52.9 Å². The molecule has 0 aliphatic carbocycles. The molecule has 1 aromatic carbocycles. The molecule has 1 N–H and O–H groups in total. The van der Waals surface area contributed by atoms with E-state index in [-0.39, 0.29) is 5.91 Å². The fraction of sp³-hybridized carbons (Fsp3) is 0.619. The van der Waals surface area contributed by atoms with Crippen LogP contribution >= 0.6 is 0 Å². The predicted octanol–water partition coefficient (Wildman–Crippen LogP) is 3.90. The first-order valence-corrected chi connectivity index (χ1v) is 9.92. The van der Waals surface area contributed by atoms with E-state index in [4.69, 9.17) is 0 Å². The number of amides is 2. The average Bonchev–Trinajstić information content (AvgIpc) is 2.62. The van der Waals surface area contributed by atoms with E-state index in [0.717, 1.165) is 56.8 Å². The normalized spacial score (nSPS) is 14.6. The molecule has 0 radical (unpaired) electrons. The highest BCUT2D eigenvalue weighted by atomic mass is 16.2. The summed E-state index contributed by atoms with van der Waals surface area (Å²) in [5, 5.41) is 2.94. The van der Waals surface area contributed by atoms with Gasteiger partial charge in [0.1, 0.15) is 0 Å². The predicted molar refractivity (Wildman–Crippen MR) is 107 cm³/mol. The number of hydrogen-bond acceptors (Lipinski definition) is 3. The maximum atomic E-state index is 12.2. The highest BCUT2D eigenvalue weighted by Gasteiger charge is 2.20. The topological polar surface area (TPSA) is 52.7 Å². The number of anilines is 2. The number of hydrogen-bond donors (Lipinski definition) is 1. The minimum atomic E-state index is 0.0583. The number of rotatable bonds is 8. The summed E-state index contributed by atoms with van der Waals surface area (Å²) in [6.45, 7) is 9.53. The molecule has 1 aromatic rings. The Labute approximate surface area is 157 Å². The van der Waals surface area contributed by atoms with Crippen molar-refractivity contribution in [1.82, 2.24) is 4.90 Å². The van der Waals surface area contributed by atoms with Crippen LogP contribution in [-0.4, -0.2) is 42.9 Å². The Kier molecular flexibility index (Phi) is 7.95. The van der Waals surface area contributed by atoms with E-state index in [1.54, 1.807) is 0 Å². The van der Waals surface area contributed by atoms with Crippen LogP contribution in [0.2, 0.25) is 0 Å². The molecule has 5 heteroatoms. The quantitative estimate of drug-likeness (QED) is 0.716. The molecule has 2 rings (SSSR count). The Morgan fingerprint density at radius 1 is 1.04 bits per heavy atom. The maximum Gasteiger partial charge on any atom is 0.224 e. The van der Waals surface area contributed by atoms with Gasteiger partial charge < -0.3 is 15.1 Å². The van der Waals surface area contributed by atoms with Gasteiger partial charge >= 0.3 is 0 Å². The number of nitrogens with zero attached hydrogens (tertiary/aromatic N) is 2. The van der Waals surface area contributed by atoms with Crippen LogP contribution in [0.25, 0.3) is 0 Å². The van der Waals surface area contributed by atoms with Crippen molar-refractivity contribution in [1.29, 1.82) is 0 Å². The van der Waals surface area contributed by atoms with Gasteiger partial charge in [0.2, 0.25) is 11.8 Å². The van der Waals surface area contributed by atoms with E-state index in [1.807, 2.05) is 43.0 Å². The number of benzene rings is 1. The van der Waals surface area contributed by atoms with Crippen LogP contribution in [0.4, 0.5) is 11.4 Å². The largest absolute Gasteiger partial charge is 0.368 e. The first-order chi connectivity index (χ1) is 12.5. The molecule has 144 valence electrons. The highest BCUT2D eigenvalue weighted by Crippen LogP contribution is 2.20. The van der Waals surface area contributed by atoms with Gasteiger partial charge in [0.15, 0.2) is 0 Å². The SMILES string of the molecule is CCCCCC(=O)N1CCN(c2ccc(NC(=O)CC(C)C)cc2)CC1. The zero-order valence-corrected chi connectivity index (χ0v) is 16.5. The summed E-state index contributed by atoms with van der Waals surface area (Å²) in [6.07, 6.45) is 4.49. The molecule has 0 unspecified atom stereocenters. The molecule has 1 heterocycles. The molecule has 5 nitrogen and oxygen atoms in total. The van der Waals surface area contributed by atoms with Crippen LogP contribution in [0.1, 0.15) is 52.9 Å². The fourth-order valence-corrected chi connectivity index (χ4v) is 3.24. The van der Waals surface area contributed by atoms with Crippen LogP contribution in [0.5, 0.6) is 0 Å². The lowest BCUT2D eigenvalue weighted by atomic mass is 10.1. The molecule has 0 aromatic heterocycles. The third kappa shape index (κ3) is 6.36. The number of unbranched alkanes of at least 4 members (excludes halogenated alkanes) is 2. The van der Waals surface area contributed by atoms with Crippen LogP contribution in [0, 0.1) is 5.92 Å². The summed E-state index contributed by atoms with van der Waals surface area (Å²) >= 11 is 0. The Balaban J connectivity index is 1.80. The van der Waals surface area contributed by atoms with E-state index >= 15 is 0 Å². The summed E-state index contributed by atoms with van der Waals surface area (Å²) in [7, 11) is 0. The van der Waals surface area contributed by atoms with Crippen LogP contribution in [0.15, 0.2) is 24.3 Å². The zero-order valence-electron chi connectivity index (χ0n) is 16.5. The van der Waals surface area contributed by atoms with Crippen molar-refractivity contribution in [3.05, 3.63) is 24.3 Å². The second-order valence-corrected chi connectivity index (χ2v) is 7.52. The molecule has 1 saturated heterocycles. The van der Waals surface area contributed by atoms with Crippen molar-refractivity contribution >= 4 is 23.2 Å². The Bertz CT molecular complexity index is 575. The summed E-state index contributed by atoms with van der Waals surface area (Å²) in [5.41, 5.74) is 1.98. The Morgan fingerprint density at radius 3 is 2.27 bits per heavy atom. The van der Waals surface area contributed by atoms with Crippen molar-refractivity contribution < 1.29 is 9.59 Å². The van der Waals surface area contributed by atoms with Crippen molar-refractivity contribution in [2.24, 2.45) is 5.92 Å². The lowest BCUT2D eigenvalue weighted by molar-refractivity contribution is -0.131.